The van der Waals surface area contributed by atoms with E-state index in [1.165, 1.54) is 11.3 Å². The first-order valence-electron chi connectivity index (χ1n) is 2.42. The summed E-state index contributed by atoms with van der Waals surface area (Å²) < 4.78 is 0.890. The van der Waals surface area contributed by atoms with Crippen LogP contribution in [0, 0.1) is 0 Å². The van der Waals surface area contributed by atoms with Crippen molar-refractivity contribution in [3.63, 3.8) is 0 Å². The highest BCUT2D eigenvalue weighted by molar-refractivity contribution is 9.10. The molecule has 0 aliphatic carbocycles. The Hall–Kier alpha value is -0.550. The van der Waals surface area contributed by atoms with Gasteiger partial charge in [-0.25, -0.2) is 4.79 Å². The molecule has 0 unspecified atom stereocenters. The summed E-state index contributed by atoms with van der Waals surface area (Å²) in [6.07, 6.45) is -1.03. The highest BCUT2D eigenvalue weighted by atomic mass is 79.9. The summed E-state index contributed by atoms with van der Waals surface area (Å²) in [4.78, 5) is 10.1. The molecule has 0 aromatic carbocycles. The number of amides is 1. The molecule has 0 spiro atoms. The van der Waals surface area contributed by atoms with Gasteiger partial charge in [0, 0.05) is 9.85 Å². The van der Waals surface area contributed by atoms with E-state index < -0.39 is 6.09 Å². The van der Waals surface area contributed by atoms with Gasteiger partial charge in [0.2, 0.25) is 0 Å². The predicted octanol–water partition coefficient (Wildman–Crippen LogP) is 2.60. The molecule has 1 heterocycles. The number of carboxylic acid groups (broad SMARTS) is 1. The maximum atomic E-state index is 10.1. The Bertz CT molecular complexity index is 248. The van der Waals surface area contributed by atoms with Crippen molar-refractivity contribution in [2.75, 3.05) is 5.32 Å². The lowest BCUT2D eigenvalue weighted by Gasteiger charge is -1.91. The van der Waals surface area contributed by atoms with Crippen molar-refractivity contribution < 1.29 is 9.90 Å². The molecule has 1 rings (SSSR count). The summed E-state index contributed by atoms with van der Waals surface area (Å²) in [5, 5.41) is 12.9. The van der Waals surface area contributed by atoms with Crippen molar-refractivity contribution in [2.24, 2.45) is 0 Å². The largest absolute Gasteiger partial charge is 0.465 e. The van der Waals surface area contributed by atoms with E-state index in [2.05, 4.69) is 21.2 Å². The molecule has 0 atom stereocenters. The average Bonchev–Trinajstić information content (AvgIpc) is 2.13. The molecular weight excluding hydrogens is 218 g/mol. The number of halogens is 1. The van der Waals surface area contributed by atoms with E-state index in [9.17, 15) is 4.79 Å². The van der Waals surface area contributed by atoms with Crippen molar-refractivity contribution in [3.05, 3.63) is 15.9 Å². The summed E-state index contributed by atoms with van der Waals surface area (Å²) in [6, 6.07) is 1.71. The maximum absolute atomic E-state index is 10.1. The summed E-state index contributed by atoms with van der Waals surface area (Å²) in [5.74, 6) is 0. The van der Waals surface area contributed by atoms with Crippen LogP contribution in [0.2, 0.25) is 0 Å². The van der Waals surface area contributed by atoms with Gasteiger partial charge in [-0.2, -0.15) is 0 Å². The van der Waals surface area contributed by atoms with Crippen LogP contribution in [0.3, 0.4) is 0 Å². The van der Waals surface area contributed by atoms with Gasteiger partial charge < -0.3 is 5.11 Å². The van der Waals surface area contributed by atoms with Crippen LogP contribution in [0.1, 0.15) is 0 Å². The highest BCUT2D eigenvalue weighted by Crippen LogP contribution is 2.23. The molecule has 0 aliphatic heterocycles. The molecule has 1 aromatic heterocycles. The molecule has 2 N–H and O–H groups in total. The Morgan fingerprint density at radius 1 is 1.80 bits per heavy atom. The molecule has 5 heteroatoms. The minimum atomic E-state index is -1.03. The topological polar surface area (TPSA) is 49.3 Å². The van der Waals surface area contributed by atoms with E-state index in [4.69, 9.17) is 5.11 Å². The van der Waals surface area contributed by atoms with Crippen LogP contribution in [0.4, 0.5) is 9.80 Å². The van der Waals surface area contributed by atoms with Gasteiger partial charge in [-0.15, -0.1) is 11.3 Å². The number of hydrogen-bond donors (Lipinski definition) is 2. The lowest BCUT2D eigenvalue weighted by Crippen LogP contribution is -2.05. The van der Waals surface area contributed by atoms with Gasteiger partial charge >= 0.3 is 6.09 Å². The van der Waals surface area contributed by atoms with Gasteiger partial charge in [-0.05, 0) is 22.0 Å². The average molecular weight is 222 g/mol. The normalized spacial score (nSPS) is 9.30. The Morgan fingerprint density at radius 2 is 2.50 bits per heavy atom. The van der Waals surface area contributed by atoms with Crippen LogP contribution >= 0.6 is 27.3 Å². The molecule has 0 fully saturated rings. The third kappa shape index (κ3) is 2.00. The third-order valence-electron chi connectivity index (χ3n) is 0.798. The summed E-state index contributed by atoms with van der Waals surface area (Å²) in [7, 11) is 0. The van der Waals surface area contributed by atoms with Crippen LogP contribution in [-0.2, 0) is 0 Å². The quantitative estimate of drug-likeness (QED) is 0.767. The first-order valence-corrected chi connectivity index (χ1v) is 4.10. The molecule has 0 aliphatic rings. The van der Waals surface area contributed by atoms with Crippen LogP contribution < -0.4 is 5.32 Å². The van der Waals surface area contributed by atoms with E-state index in [-0.39, 0.29) is 0 Å². The number of nitrogens with one attached hydrogen (secondary N) is 1. The number of thiophene rings is 1. The second kappa shape index (κ2) is 3.03. The molecule has 3 nitrogen and oxygen atoms in total. The van der Waals surface area contributed by atoms with Crippen LogP contribution in [-0.4, -0.2) is 11.2 Å². The predicted molar refractivity (Wildman–Crippen MR) is 43.7 cm³/mol. The number of hydrogen-bond acceptors (Lipinski definition) is 2. The molecule has 0 radical (unpaired) electrons. The Balaban J connectivity index is 2.67. The summed E-state index contributed by atoms with van der Waals surface area (Å²) in [5.41, 5.74) is 0. The van der Waals surface area contributed by atoms with Gasteiger partial charge in [0.1, 0.15) is 0 Å². The Morgan fingerprint density at radius 3 is 2.90 bits per heavy atom. The SMILES string of the molecule is O=C(O)Nc1cc(Br)cs1. The molecule has 0 saturated carbocycles. The smallest absolute Gasteiger partial charge is 0.409 e. The minimum absolute atomic E-state index is 0.624. The zero-order valence-corrected chi connectivity index (χ0v) is 7.20. The van der Waals surface area contributed by atoms with Gasteiger partial charge in [-0.1, -0.05) is 0 Å². The molecule has 0 bridgehead atoms. The molecule has 1 amide bonds. The van der Waals surface area contributed by atoms with Crippen LogP contribution in [0.25, 0.3) is 0 Å². The maximum Gasteiger partial charge on any atom is 0.409 e. The zero-order valence-electron chi connectivity index (χ0n) is 4.80. The number of anilines is 1. The fraction of sp³-hybridized carbons (Fsp3) is 0. The lowest BCUT2D eigenvalue weighted by molar-refractivity contribution is 0.210. The van der Waals surface area contributed by atoms with E-state index in [0.717, 1.165) is 4.47 Å². The fourth-order valence-corrected chi connectivity index (χ4v) is 1.79. The first-order chi connectivity index (χ1) is 4.68. The van der Waals surface area contributed by atoms with E-state index in [1.54, 1.807) is 6.07 Å². The zero-order chi connectivity index (χ0) is 7.56. The van der Waals surface area contributed by atoms with Crippen molar-refractivity contribution in [2.45, 2.75) is 0 Å². The second-order valence-electron chi connectivity index (χ2n) is 1.56. The van der Waals surface area contributed by atoms with Gasteiger partial charge in [-0.3, -0.25) is 5.32 Å². The summed E-state index contributed by atoms with van der Waals surface area (Å²) in [6.45, 7) is 0. The van der Waals surface area contributed by atoms with Crippen LogP contribution in [0.15, 0.2) is 15.9 Å². The van der Waals surface area contributed by atoms with Crippen molar-refractivity contribution in [1.29, 1.82) is 0 Å². The van der Waals surface area contributed by atoms with Crippen LogP contribution in [0.5, 0.6) is 0 Å². The Kier molecular flexibility index (Phi) is 2.29. The van der Waals surface area contributed by atoms with Gasteiger partial charge in [0.25, 0.3) is 0 Å². The minimum Gasteiger partial charge on any atom is -0.465 e. The molecular formula is C5H4BrNO2S. The van der Waals surface area contributed by atoms with E-state index >= 15 is 0 Å². The molecule has 0 saturated heterocycles. The third-order valence-corrected chi connectivity index (χ3v) is 2.40. The van der Waals surface area contributed by atoms with Gasteiger partial charge in [0.05, 0.1) is 5.00 Å². The number of rotatable bonds is 1. The lowest BCUT2D eigenvalue weighted by atomic mass is 10.6. The van der Waals surface area contributed by atoms with Crippen molar-refractivity contribution in [3.8, 4) is 0 Å². The molecule has 54 valence electrons. The molecule has 1 aromatic rings. The standard InChI is InChI=1S/C5H4BrNO2S/c6-3-1-4(10-2-3)7-5(8)9/h1-2,7H,(H,8,9). The number of carbonyl (C=O) groups is 1. The highest BCUT2D eigenvalue weighted by Gasteiger charge is 1.99. The Labute approximate surface area is 69.8 Å². The molecule has 10 heavy (non-hydrogen) atoms. The summed E-state index contributed by atoms with van der Waals surface area (Å²) >= 11 is 4.54. The van der Waals surface area contributed by atoms with Crippen molar-refractivity contribution >= 4 is 38.4 Å². The first kappa shape index (κ1) is 7.56. The second-order valence-corrected chi connectivity index (χ2v) is 3.39. The fourth-order valence-electron chi connectivity index (χ4n) is 0.484. The monoisotopic (exact) mass is 221 g/mol. The van der Waals surface area contributed by atoms with Crippen molar-refractivity contribution in [1.82, 2.24) is 0 Å². The van der Waals surface area contributed by atoms with E-state index in [0.29, 0.717) is 5.00 Å². The van der Waals surface area contributed by atoms with E-state index in [1.807, 2.05) is 5.38 Å². The van der Waals surface area contributed by atoms with Gasteiger partial charge in [0.15, 0.2) is 0 Å².